The van der Waals surface area contributed by atoms with E-state index >= 15 is 0 Å². The van der Waals surface area contributed by atoms with Crippen LogP contribution in [0.5, 0.6) is 5.75 Å². The molecule has 1 fully saturated rings. The standard InChI is InChI=1S/C15H23NO2/c1-10-6-11(2)13(12(7-10)17-5)15(8-18-9-15)14(3,4)16/h6-7H,8-9,16H2,1-5H3. The van der Waals surface area contributed by atoms with Crippen molar-refractivity contribution in [1.82, 2.24) is 0 Å². The summed E-state index contributed by atoms with van der Waals surface area (Å²) in [7, 11) is 1.72. The molecule has 0 spiro atoms. The lowest BCUT2D eigenvalue weighted by atomic mass is 9.64. The number of ether oxygens (including phenoxy) is 2. The van der Waals surface area contributed by atoms with E-state index in [0.29, 0.717) is 13.2 Å². The van der Waals surface area contributed by atoms with Gasteiger partial charge < -0.3 is 15.2 Å². The van der Waals surface area contributed by atoms with Crippen molar-refractivity contribution in [3.63, 3.8) is 0 Å². The number of aryl methyl sites for hydroxylation is 2. The van der Waals surface area contributed by atoms with Crippen molar-refractivity contribution in [3.05, 3.63) is 28.8 Å². The maximum atomic E-state index is 6.40. The average Bonchev–Trinajstić information content (AvgIpc) is 2.16. The maximum absolute atomic E-state index is 6.40. The van der Waals surface area contributed by atoms with Gasteiger partial charge in [-0.15, -0.1) is 0 Å². The summed E-state index contributed by atoms with van der Waals surface area (Å²) >= 11 is 0. The molecule has 1 aromatic rings. The zero-order chi connectivity index (χ0) is 13.6. The van der Waals surface area contributed by atoms with Crippen LogP contribution in [0.15, 0.2) is 12.1 Å². The summed E-state index contributed by atoms with van der Waals surface area (Å²) in [5.41, 5.74) is 9.57. The van der Waals surface area contributed by atoms with Gasteiger partial charge in [-0.1, -0.05) is 6.07 Å². The average molecular weight is 249 g/mol. The molecule has 0 radical (unpaired) electrons. The summed E-state index contributed by atoms with van der Waals surface area (Å²) in [6.45, 7) is 9.66. The highest BCUT2D eigenvalue weighted by Crippen LogP contribution is 2.46. The lowest BCUT2D eigenvalue weighted by Crippen LogP contribution is -2.65. The molecule has 1 aliphatic heterocycles. The van der Waals surface area contributed by atoms with E-state index in [2.05, 4.69) is 39.8 Å². The van der Waals surface area contributed by atoms with Crippen molar-refractivity contribution in [3.8, 4) is 5.75 Å². The third-order valence-corrected chi connectivity index (χ3v) is 4.07. The Morgan fingerprint density at radius 2 is 1.89 bits per heavy atom. The van der Waals surface area contributed by atoms with E-state index in [1.54, 1.807) is 7.11 Å². The van der Waals surface area contributed by atoms with Gasteiger partial charge in [-0.2, -0.15) is 0 Å². The number of hydrogen-bond acceptors (Lipinski definition) is 3. The van der Waals surface area contributed by atoms with Gasteiger partial charge in [0.05, 0.1) is 25.7 Å². The van der Waals surface area contributed by atoms with Crippen molar-refractivity contribution in [2.45, 2.75) is 38.6 Å². The second-order valence-electron chi connectivity index (χ2n) is 5.96. The van der Waals surface area contributed by atoms with E-state index in [1.165, 1.54) is 16.7 Å². The maximum Gasteiger partial charge on any atom is 0.123 e. The van der Waals surface area contributed by atoms with Gasteiger partial charge in [0.15, 0.2) is 0 Å². The Morgan fingerprint density at radius 3 is 2.28 bits per heavy atom. The number of rotatable bonds is 3. The number of methoxy groups -OCH3 is 1. The normalized spacial score (nSPS) is 18.3. The Labute approximate surface area is 109 Å². The lowest BCUT2D eigenvalue weighted by Gasteiger charge is -2.51. The first-order valence-electron chi connectivity index (χ1n) is 6.34. The fraction of sp³-hybridized carbons (Fsp3) is 0.600. The molecule has 2 N–H and O–H groups in total. The molecule has 0 aromatic heterocycles. The van der Waals surface area contributed by atoms with Gasteiger partial charge in [-0.3, -0.25) is 0 Å². The molecule has 2 rings (SSSR count). The number of hydrogen-bond donors (Lipinski definition) is 1. The summed E-state index contributed by atoms with van der Waals surface area (Å²) in [4.78, 5) is 0. The first kappa shape index (κ1) is 13.4. The Morgan fingerprint density at radius 1 is 1.28 bits per heavy atom. The summed E-state index contributed by atoms with van der Waals surface area (Å²) < 4.78 is 11.0. The van der Waals surface area contributed by atoms with Crippen molar-refractivity contribution < 1.29 is 9.47 Å². The minimum Gasteiger partial charge on any atom is -0.496 e. The zero-order valence-electron chi connectivity index (χ0n) is 12.0. The molecule has 0 unspecified atom stereocenters. The highest BCUT2D eigenvalue weighted by molar-refractivity contribution is 5.51. The summed E-state index contributed by atoms with van der Waals surface area (Å²) in [5, 5.41) is 0. The van der Waals surface area contributed by atoms with Crippen LogP contribution < -0.4 is 10.5 Å². The fourth-order valence-electron chi connectivity index (χ4n) is 2.85. The molecular weight excluding hydrogens is 226 g/mol. The summed E-state index contributed by atoms with van der Waals surface area (Å²) in [6, 6.07) is 4.26. The molecule has 3 heteroatoms. The van der Waals surface area contributed by atoms with E-state index in [4.69, 9.17) is 15.2 Å². The molecule has 0 saturated carbocycles. The van der Waals surface area contributed by atoms with Crippen LogP contribution >= 0.6 is 0 Å². The van der Waals surface area contributed by atoms with Crippen LogP contribution in [0, 0.1) is 13.8 Å². The second kappa shape index (κ2) is 4.25. The Kier molecular flexibility index (Phi) is 3.16. The van der Waals surface area contributed by atoms with Gasteiger partial charge in [0.25, 0.3) is 0 Å². The van der Waals surface area contributed by atoms with Crippen LogP contribution in [0.25, 0.3) is 0 Å². The van der Waals surface area contributed by atoms with Crippen molar-refractivity contribution in [2.24, 2.45) is 5.73 Å². The van der Waals surface area contributed by atoms with E-state index in [-0.39, 0.29) is 11.0 Å². The van der Waals surface area contributed by atoms with Crippen LogP contribution in [-0.2, 0) is 10.2 Å². The summed E-state index contributed by atoms with van der Waals surface area (Å²) in [6.07, 6.45) is 0. The Bertz CT molecular complexity index is 456. The van der Waals surface area contributed by atoms with Gasteiger partial charge in [-0.25, -0.2) is 0 Å². The Balaban J connectivity index is 2.63. The molecule has 0 amide bonds. The highest BCUT2D eigenvalue weighted by Gasteiger charge is 2.52. The minimum atomic E-state index is -0.335. The summed E-state index contributed by atoms with van der Waals surface area (Å²) in [5.74, 6) is 0.925. The molecule has 3 nitrogen and oxygen atoms in total. The van der Waals surface area contributed by atoms with Crippen LogP contribution in [0.4, 0.5) is 0 Å². The van der Waals surface area contributed by atoms with Gasteiger partial charge >= 0.3 is 0 Å². The predicted molar refractivity (Wildman–Crippen MR) is 73.2 cm³/mol. The molecule has 0 aliphatic carbocycles. The largest absolute Gasteiger partial charge is 0.496 e. The molecule has 1 aliphatic rings. The van der Waals surface area contributed by atoms with E-state index in [1.807, 2.05) is 0 Å². The highest BCUT2D eigenvalue weighted by atomic mass is 16.5. The van der Waals surface area contributed by atoms with E-state index in [9.17, 15) is 0 Å². The molecule has 1 heterocycles. The van der Waals surface area contributed by atoms with Gasteiger partial charge in [0.1, 0.15) is 5.75 Å². The molecule has 100 valence electrons. The molecule has 1 aromatic carbocycles. The lowest BCUT2D eigenvalue weighted by molar-refractivity contribution is -0.0930. The number of nitrogens with two attached hydrogens (primary N) is 1. The fourth-order valence-corrected chi connectivity index (χ4v) is 2.85. The molecule has 0 bridgehead atoms. The molecule has 1 saturated heterocycles. The smallest absolute Gasteiger partial charge is 0.123 e. The van der Waals surface area contributed by atoms with Gasteiger partial charge in [0, 0.05) is 11.1 Å². The SMILES string of the molecule is COc1cc(C)cc(C)c1C1(C(C)(C)N)COC1. The van der Waals surface area contributed by atoms with Crippen molar-refractivity contribution in [2.75, 3.05) is 20.3 Å². The van der Waals surface area contributed by atoms with Crippen LogP contribution in [0.2, 0.25) is 0 Å². The van der Waals surface area contributed by atoms with Crippen molar-refractivity contribution in [1.29, 1.82) is 0 Å². The van der Waals surface area contributed by atoms with Gasteiger partial charge in [0.2, 0.25) is 0 Å². The second-order valence-corrected chi connectivity index (χ2v) is 5.96. The number of benzene rings is 1. The molecule has 0 atom stereocenters. The topological polar surface area (TPSA) is 44.5 Å². The zero-order valence-corrected chi connectivity index (χ0v) is 12.0. The molecule has 18 heavy (non-hydrogen) atoms. The first-order valence-corrected chi connectivity index (χ1v) is 6.34. The predicted octanol–water partition coefficient (Wildman–Crippen LogP) is 2.32. The van der Waals surface area contributed by atoms with Crippen LogP contribution in [-0.4, -0.2) is 25.9 Å². The Hall–Kier alpha value is -1.06. The van der Waals surface area contributed by atoms with Crippen LogP contribution in [0.3, 0.4) is 0 Å². The minimum absolute atomic E-state index is 0.143. The van der Waals surface area contributed by atoms with Crippen molar-refractivity contribution >= 4 is 0 Å². The van der Waals surface area contributed by atoms with Gasteiger partial charge in [-0.05, 0) is 44.9 Å². The van der Waals surface area contributed by atoms with Crippen LogP contribution in [0.1, 0.15) is 30.5 Å². The monoisotopic (exact) mass is 249 g/mol. The first-order chi connectivity index (χ1) is 8.32. The quantitative estimate of drug-likeness (QED) is 0.894. The third-order valence-electron chi connectivity index (χ3n) is 4.07. The van der Waals surface area contributed by atoms with E-state index < -0.39 is 0 Å². The molecular formula is C15H23NO2. The third kappa shape index (κ3) is 1.82. The van der Waals surface area contributed by atoms with E-state index in [0.717, 1.165) is 5.75 Å².